The molecule has 6 heteroatoms. The van der Waals surface area contributed by atoms with Crippen molar-refractivity contribution < 1.29 is 14.3 Å². The number of rotatable bonds is 5. The number of methoxy groups -OCH3 is 2. The third kappa shape index (κ3) is 3.26. The van der Waals surface area contributed by atoms with Crippen LogP contribution in [0.4, 0.5) is 5.69 Å². The third-order valence-electron chi connectivity index (χ3n) is 7.01. The summed E-state index contributed by atoms with van der Waals surface area (Å²) in [5.74, 6) is 0.0740. The molecule has 3 aromatic rings. The van der Waals surface area contributed by atoms with Crippen LogP contribution in [0.25, 0.3) is 6.08 Å². The average molecular weight is 462 g/mol. The third-order valence-corrected chi connectivity index (χ3v) is 7.01. The van der Waals surface area contributed by atoms with Gasteiger partial charge in [0.25, 0.3) is 0 Å². The number of hydrogen-bond acceptors (Lipinski definition) is 6. The zero-order valence-electron chi connectivity index (χ0n) is 19.4. The molecule has 1 fully saturated rings. The van der Waals surface area contributed by atoms with Gasteiger partial charge in [-0.05, 0) is 29.8 Å². The molecule has 6 nitrogen and oxygen atoms in total. The quantitative estimate of drug-likeness (QED) is 0.498. The van der Waals surface area contributed by atoms with Gasteiger partial charge in [-0.25, -0.2) is 0 Å². The first-order chi connectivity index (χ1) is 17.1. The summed E-state index contributed by atoms with van der Waals surface area (Å²) in [4.78, 5) is 16.2. The fraction of sp³-hybridized carbons (Fsp3) is 0.207. The molecule has 0 radical (unpaired) electrons. The summed E-state index contributed by atoms with van der Waals surface area (Å²) in [6.07, 6.45) is 3.79. The number of carbonyl (C=O) groups is 1. The molecular formula is C29H23N3O3. The number of fused-ring (bicyclic) bond motifs is 3. The minimum atomic E-state index is -1.56. The molecule has 3 atom stereocenters. The normalized spacial score (nSPS) is 21.3. The van der Waals surface area contributed by atoms with Crippen LogP contribution in [0.15, 0.2) is 78.9 Å². The molecule has 2 heterocycles. The van der Waals surface area contributed by atoms with Crippen molar-refractivity contribution in [2.45, 2.75) is 18.0 Å². The summed E-state index contributed by atoms with van der Waals surface area (Å²) >= 11 is 0. The van der Waals surface area contributed by atoms with Crippen molar-refractivity contribution in [1.82, 2.24) is 0 Å². The Bertz CT molecular complexity index is 1390. The maximum absolute atomic E-state index is 14.2. The van der Waals surface area contributed by atoms with Crippen LogP contribution in [-0.4, -0.2) is 32.1 Å². The predicted molar refractivity (Wildman–Crippen MR) is 132 cm³/mol. The molecule has 0 aliphatic carbocycles. The number of para-hydroxylation sites is 1. The van der Waals surface area contributed by atoms with Crippen LogP contribution in [0.3, 0.4) is 0 Å². The summed E-state index contributed by atoms with van der Waals surface area (Å²) in [6, 6.07) is 25.2. The van der Waals surface area contributed by atoms with E-state index < -0.39 is 23.4 Å². The van der Waals surface area contributed by atoms with Crippen LogP contribution in [0.1, 0.15) is 27.4 Å². The monoisotopic (exact) mass is 461 g/mol. The number of anilines is 1. The number of ketones is 1. The van der Waals surface area contributed by atoms with E-state index in [4.69, 9.17) is 9.47 Å². The van der Waals surface area contributed by atoms with Gasteiger partial charge in [0.05, 0.1) is 38.3 Å². The number of benzene rings is 3. The van der Waals surface area contributed by atoms with Crippen LogP contribution in [-0.2, 0) is 0 Å². The van der Waals surface area contributed by atoms with Gasteiger partial charge in [0, 0.05) is 16.8 Å². The highest BCUT2D eigenvalue weighted by atomic mass is 16.5. The summed E-state index contributed by atoms with van der Waals surface area (Å²) in [5.41, 5.74) is 1.29. The van der Waals surface area contributed by atoms with Gasteiger partial charge in [0.15, 0.2) is 11.2 Å². The molecule has 172 valence electrons. The second-order valence-corrected chi connectivity index (χ2v) is 8.62. The molecule has 0 bridgehead atoms. The van der Waals surface area contributed by atoms with E-state index in [1.54, 1.807) is 37.4 Å². The highest BCUT2D eigenvalue weighted by Gasteiger charge is 2.64. The van der Waals surface area contributed by atoms with E-state index in [0.29, 0.717) is 22.6 Å². The first-order valence-corrected chi connectivity index (χ1v) is 11.3. The van der Waals surface area contributed by atoms with Crippen LogP contribution in [0.2, 0.25) is 0 Å². The van der Waals surface area contributed by atoms with E-state index in [0.717, 1.165) is 11.3 Å². The van der Waals surface area contributed by atoms with Gasteiger partial charge < -0.3 is 14.4 Å². The van der Waals surface area contributed by atoms with Crippen molar-refractivity contribution >= 4 is 17.5 Å². The second kappa shape index (κ2) is 8.66. The Kier molecular flexibility index (Phi) is 5.51. The number of carbonyl (C=O) groups excluding carboxylic acids is 1. The van der Waals surface area contributed by atoms with Crippen molar-refractivity contribution in [3.8, 4) is 23.6 Å². The summed E-state index contributed by atoms with van der Waals surface area (Å²) in [6.45, 7) is 0. The highest BCUT2D eigenvalue weighted by Crippen LogP contribution is 2.57. The smallest absolute Gasteiger partial charge is 0.185 e. The van der Waals surface area contributed by atoms with E-state index in [1.807, 2.05) is 59.5 Å². The lowest BCUT2D eigenvalue weighted by Gasteiger charge is -2.35. The van der Waals surface area contributed by atoms with Gasteiger partial charge in [0.2, 0.25) is 0 Å². The van der Waals surface area contributed by atoms with Gasteiger partial charge in [-0.2, -0.15) is 10.5 Å². The fourth-order valence-corrected chi connectivity index (χ4v) is 5.43. The Balaban J connectivity index is 1.83. The lowest BCUT2D eigenvalue weighted by atomic mass is 9.69. The zero-order valence-corrected chi connectivity index (χ0v) is 19.4. The SMILES string of the molecule is COc1ccc(OC)c([C@@H]2[C@@H](C(=O)c3ccccc3)N3c4ccccc4C=C[C@@H]3C2(C#N)C#N)c1. The molecule has 2 aliphatic heterocycles. The number of Topliss-reactive ketones (excluding diaryl/α,β-unsaturated/α-hetero) is 1. The van der Waals surface area contributed by atoms with Gasteiger partial charge >= 0.3 is 0 Å². The lowest BCUT2D eigenvalue weighted by molar-refractivity contribution is 0.0950. The van der Waals surface area contributed by atoms with Crippen LogP contribution in [0.5, 0.6) is 11.5 Å². The molecule has 0 N–H and O–H groups in total. The molecular weight excluding hydrogens is 438 g/mol. The predicted octanol–water partition coefficient (Wildman–Crippen LogP) is 4.99. The van der Waals surface area contributed by atoms with E-state index in [-0.39, 0.29) is 5.78 Å². The summed E-state index contributed by atoms with van der Waals surface area (Å²) in [5, 5.41) is 21.2. The summed E-state index contributed by atoms with van der Waals surface area (Å²) in [7, 11) is 3.09. The van der Waals surface area contributed by atoms with Crippen molar-refractivity contribution in [3.05, 3.63) is 95.6 Å². The Morgan fingerprint density at radius 3 is 2.34 bits per heavy atom. The maximum atomic E-state index is 14.2. The van der Waals surface area contributed by atoms with Crippen molar-refractivity contribution in [1.29, 1.82) is 10.5 Å². The van der Waals surface area contributed by atoms with Crippen LogP contribution < -0.4 is 14.4 Å². The van der Waals surface area contributed by atoms with E-state index in [1.165, 1.54) is 7.11 Å². The van der Waals surface area contributed by atoms with Crippen LogP contribution in [0, 0.1) is 28.1 Å². The molecule has 0 amide bonds. The highest BCUT2D eigenvalue weighted by molar-refractivity contribution is 6.04. The molecule has 3 aromatic carbocycles. The van der Waals surface area contributed by atoms with Gasteiger partial charge in [0.1, 0.15) is 17.5 Å². The standard InChI is InChI=1S/C29H23N3O3/c1-34-21-13-14-24(35-2)22(16-21)26-27(28(33)20-9-4-3-5-10-20)32-23-11-7-6-8-19(23)12-15-25(32)29(26,17-30)18-31/h3-16,25-27H,1-2H3/t25-,26-,27+/m1/s1. The largest absolute Gasteiger partial charge is 0.497 e. The fourth-order valence-electron chi connectivity index (χ4n) is 5.43. The van der Waals surface area contributed by atoms with Crippen molar-refractivity contribution in [2.24, 2.45) is 5.41 Å². The van der Waals surface area contributed by atoms with E-state index in [2.05, 4.69) is 12.1 Å². The number of nitrogens with zero attached hydrogens (tertiary/aromatic N) is 3. The van der Waals surface area contributed by atoms with Crippen molar-refractivity contribution in [3.63, 3.8) is 0 Å². The molecule has 2 aliphatic rings. The van der Waals surface area contributed by atoms with Crippen molar-refractivity contribution in [2.75, 3.05) is 19.1 Å². The van der Waals surface area contributed by atoms with Gasteiger partial charge in [-0.15, -0.1) is 0 Å². The first kappa shape index (κ1) is 22.3. The number of hydrogen-bond donors (Lipinski definition) is 0. The second-order valence-electron chi connectivity index (χ2n) is 8.62. The Hall–Kier alpha value is -4.55. The molecule has 0 spiro atoms. The molecule has 0 unspecified atom stereocenters. The minimum absolute atomic E-state index is 0.164. The number of ether oxygens (including phenoxy) is 2. The Labute approximate surface area is 204 Å². The van der Waals surface area contributed by atoms with E-state index >= 15 is 0 Å². The zero-order chi connectivity index (χ0) is 24.6. The summed E-state index contributed by atoms with van der Waals surface area (Å²) < 4.78 is 11.1. The molecule has 0 saturated carbocycles. The van der Waals surface area contributed by atoms with Gasteiger partial charge in [-0.3, -0.25) is 4.79 Å². The number of nitriles is 2. The van der Waals surface area contributed by atoms with Gasteiger partial charge in [-0.1, -0.05) is 60.7 Å². The Morgan fingerprint density at radius 1 is 0.943 bits per heavy atom. The van der Waals surface area contributed by atoms with Crippen LogP contribution >= 0.6 is 0 Å². The molecule has 5 rings (SSSR count). The first-order valence-electron chi connectivity index (χ1n) is 11.3. The van der Waals surface area contributed by atoms with E-state index in [9.17, 15) is 15.3 Å². The minimum Gasteiger partial charge on any atom is -0.497 e. The Morgan fingerprint density at radius 2 is 1.66 bits per heavy atom. The molecule has 35 heavy (non-hydrogen) atoms. The topological polar surface area (TPSA) is 86.3 Å². The maximum Gasteiger partial charge on any atom is 0.185 e. The molecule has 0 aromatic heterocycles. The lowest BCUT2D eigenvalue weighted by Crippen LogP contribution is -2.44. The average Bonchev–Trinajstić information content (AvgIpc) is 3.23. The molecule has 1 saturated heterocycles.